The van der Waals surface area contributed by atoms with E-state index in [1.807, 2.05) is 18.2 Å². The predicted octanol–water partition coefficient (Wildman–Crippen LogP) is 2.06. The lowest BCUT2D eigenvalue weighted by Gasteiger charge is -2.05. The van der Waals surface area contributed by atoms with Crippen molar-refractivity contribution >= 4 is 5.91 Å². The Hall–Kier alpha value is -3.02. The van der Waals surface area contributed by atoms with E-state index >= 15 is 0 Å². The van der Waals surface area contributed by atoms with E-state index in [1.54, 1.807) is 18.7 Å². The van der Waals surface area contributed by atoms with Gasteiger partial charge in [0.2, 0.25) is 0 Å². The van der Waals surface area contributed by atoms with E-state index in [4.69, 9.17) is 4.42 Å². The summed E-state index contributed by atoms with van der Waals surface area (Å²) in [5.41, 5.74) is 2.94. The molecule has 1 N–H and O–H groups in total. The van der Waals surface area contributed by atoms with Crippen molar-refractivity contribution in [3.8, 4) is 11.3 Å². The number of pyridine rings is 1. The van der Waals surface area contributed by atoms with Crippen molar-refractivity contribution in [2.75, 3.05) is 0 Å². The molecule has 6 heteroatoms. The molecule has 21 heavy (non-hydrogen) atoms. The van der Waals surface area contributed by atoms with Crippen LogP contribution in [0.2, 0.25) is 0 Å². The Morgan fingerprint density at radius 1 is 1.14 bits per heavy atom. The maximum absolute atomic E-state index is 11.8. The van der Waals surface area contributed by atoms with Crippen molar-refractivity contribution in [1.29, 1.82) is 0 Å². The van der Waals surface area contributed by atoms with Crippen LogP contribution >= 0.6 is 0 Å². The zero-order valence-corrected chi connectivity index (χ0v) is 11.1. The fraction of sp³-hybridized carbons (Fsp3) is 0.0667. The number of amides is 1. The summed E-state index contributed by atoms with van der Waals surface area (Å²) in [6, 6.07) is 5.64. The summed E-state index contributed by atoms with van der Waals surface area (Å²) in [5, 5.41) is 2.77. The molecule has 1 amide bonds. The van der Waals surface area contributed by atoms with Crippen LogP contribution in [0.25, 0.3) is 11.3 Å². The molecular formula is C15H12N4O2. The van der Waals surface area contributed by atoms with Gasteiger partial charge >= 0.3 is 0 Å². The largest absolute Gasteiger partial charge is 0.472 e. The normalized spacial score (nSPS) is 10.3. The second kappa shape index (κ2) is 5.96. The number of carbonyl (C=O) groups is 1. The summed E-state index contributed by atoms with van der Waals surface area (Å²) >= 11 is 0. The highest BCUT2D eigenvalue weighted by Crippen LogP contribution is 2.16. The van der Waals surface area contributed by atoms with E-state index in [0.717, 1.165) is 16.8 Å². The number of aromatic nitrogens is 3. The van der Waals surface area contributed by atoms with Gasteiger partial charge in [-0.05, 0) is 17.7 Å². The standard InChI is InChI=1S/C15H12N4O2/c20-15(14-9-16-4-5-17-14)19-8-11-1-2-13(18-7-11)12-3-6-21-10-12/h1-7,9-10H,8H2,(H,19,20). The first-order valence-electron chi connectivity index (χ1n) is 6.34. The average Bonchev–Trinajstić information content (AvgIpc) is 3.08. The summed E-state index contributed by atoms with van der Waals surface area (Å²) in [7, 11) is 0. The lowest BCUT2D eigenvalue weighted by atomic mass is 10.2. The highest BCUT2D eigenvalue weighted by molar-refractivity contribution is 5.91. The number of hydrogen-bond acceptors (Lipinski definition) is 5. The van der Waals surface area contributed by atoms with Crippen LogP contribution in [0.3, 0.4) is 0 Å². The van der Waals surface area contributed by atoms with Crippen LogP contribution in [0.4, 0.5) is 0 Å². The highest BCUT2D eigenvalue weighted by Gasteiger charge is 2.06. The van der Waals surface area contributed by atoms with E-state index < -0.39 is 0 Å². The van der Waals surface area contributed by atoms with Crippen LogP contribution < -0.4 is 5.32 Å². The number of hydrogen-bond donors (Lipinski definition) is 1. The van der Waals surface area contributed by atoms with Crippen molar-refractivity contribution < 1.29 is 9.21 Å². The highest BCUT2D eigenvalue weighted by atomic mass is 16.3. The number of carbonyl (C=O) groups excluding carboxylic acids is 1. The van der Waals surface area contributed by atoms with E-state index in [2.05, 4.69) is 20.3 Å². The third kappa shape index (κ3) is 3.11. The van der Waals surface area contributed by atoms with Crippen LogP contribution in [0, 0.1) is 0 Å². The molecule has 3 aromatic rings. The third-order valence-corrected chi connectivity index (χ3v) is 2.89. The van der Waals surface area contributed by atoms with Crippen LogP contribution in [-0.2, 0) is 6.54 Å². The van der Waals surface area contributed by atoms with E-state index in [9.17, 15) is 4.79 Å². The molecule has 0 aliphatic carbocycles. The van der Waals surface area contributed by atoms with Crippen molar-refractivity contribution in [2.45, 2.75) is 6.54 Å². The molecule has 3 rings (SSSR count). The molecular weight excluding hydrogens is 268 g/mol. The summed E-state index contributed by atoms with van der Waals surface area (Å²) in [4.78, 5) is 24.0. The number of nitrogens with zero attached hydrogens (tertiary/aromatic N) is 3. The fourth-order valence-electron chi connectivity index (χ4n) is 1.80. The Bertz CT molecular complexity index is 709. The van der Waals surface area contributed by atoms with E-state index in [1.165, 1.54) is 18.6 Å². The Labute approximate surface area is 120 Å². The van der Waals surface area contributed by atoms with E-state index in [0.29, 0.717) is 12.2 Å². The van der Waals surface area contributed by atoms with Gasteiger partial charge < -0.3 is 9.73 Å². The first-order valence-corrected chi connectivity index (χ1v) is 6.34. The van der Waals surface area contributed by atoms with Gasteiger partial charge in [-0.25, -0.2) is 4.98 Å². The lowest BCUT2D eigenvalue weighted by Crippen LogP contribution is -2.23. The quantitative estimate of drug-likeness (QED) is 0.791. The topological polar surface area (TPSA) is 80.9 Å². The molecule has 0 saturated heterocycles. The van der Waals surface area contributed by atoms with Gasteiger partial charge in [0.1, 0.15) is 5.69 Å². The summed E-state index contributed by atoms with van der Waals surface area (Å²) in [6.07, 6.45) is 9.39. The van der Waals surface area contributed by atoms with Crippen LogP contribution in [0.15, 0.2) is 59.9 Å². The van der Waals surface area contributed by atoms with Gasteiger partial charge in [-0.15, -0.1) is 0 Å². The Morgan fingerprint density at radius 2 is 2.10 bits per heavy atom. The molecule has 0 atom stereocenters. The average molecular weight is 280 g/mol. The Morgan fingerprint density at radius 3 is 2.76 bits per heavy atom. The first-order chi connectivity index (χ1) is 10.3. The van der Waals surface area contributed by atoms with Crippen LogP contribution in [0.1, 0.15) is 16.1 Å². The molecule has 6 nitrogen and oxygen atoms in total. The number of rotatable bonds is 4. The molecule has 0 spiro atoms. The van der Waals surface area contributed by atoms with Gasteiger partial charge in [0.05, 0.1) is 24.4 Å². The fourth-order valence-corrected chi connectivity index (χ4v) is 1.80. The third-order valence-electron chi connectivity index (χ3n) is 2.89. The van der Waals surface area contributed by atoms with Crippen molar-refractivity contribution in [3.05, 3.63) is 66.8 Å². The summed E-state index contributed by atoms with van der Waals surface area (Å²) in [6.45, 7) is 0.383. The lowest BCUT2D eigenvalue weighted by molar-refractivity contribution is 0.0945. The Kier molecular flexibility index (Phi) is 3.68. The molecule has 3 heterocycles. The molecule has 0 radical (unpaired) electrons. The molecule has 0 unspecified atom stereocenters. The van der Waals surface area contributed by atoms with Crippen molar-refractivity contribution in [2.24, 2.45) is 0 Å². The molecule has 0 fully saturated rings. The molecule has 0 aromatic carbocycles. The first kappa shape index (κ1) is 13.0. The van der Waals surface area contributed by atoms with Gasteiger partial charge in [0, 0.05) is 30.7 Å². The maximum atomic E-state index is 11.8. The molecule has 0 aliphatic heterocycles. The molecule has 0 saturated carbocycles. The van der Waals surface area contributed by atoms with Gasteiger partial charge in [-0.3, -0.25) is 14.8 Å². The van der Waals surface area contributed by atoms with Gasteiger partial charge in [-0.1, -0.05) is 6.07 Å². The zero-order chi connectivity index (χ0) is 14.5. The predicted molar refractivity (Wildman–Crippen MR) is 75.1 cm³/mol. The van der Waals surface area contributed by atoms with Gasteiger partial charge in [0.25, 0.3) is 5.91 Å². The molecule has 0 bridgehead atoms. The number of nitrogens with one attached hydrogen (secondary N) is 1. The molecule has 0 aliphatic rings. The second-order valence-electron chi connectivity index (χ2n) is 4.34. The number of furan rings is 1. The van der Waals surface area contributed by atoms with Crippen molar-refractivity contribution in [3.63, 3.8) is 0 Å². The minimum Gasteiger partial charge on any atom is -0.472 e. The maximum Gasteiger partial charge on any atom is 0.271 e. The van der Waals surface area contributed by atoms with Crippen LogP contribution in [-0.4, -0.2) is 20.9 Å². The minimum atomic E-state index is -0.262. The SMILES string of the molecule is O=C(NCc1ccc(-c2ccoc2)nc1)c1cnccn1. The van der Waals surface area contributed by atoms with Crippen molar-refractivity contribution in [1.82, 2.24) is 20.3 Å². The summed E-state index contributed by atoms with van der Waals surface area (Å²) in [5.74, 6) is -0.262. The zero-order valence-electron chi connectivity index (χ0n) is 11.1. The monoisotopic (exact) mass is 280 g/mol. The molecule has 104 valence electrons. The smallest absolute Gasteiger partial charge is 0.271 e. The summed E-state index contributed by atoms with van der Waals surface area (Å²) < 4.78 is 5.02. The van der Waals surface area contributed by atoms with Gasteiger partial charge in [-0.2, -0.15) is 0 Å². The van der Waals surface area contributed by atoms with E-state index in [-0.39, 0.29) is 5.91 Å². The van der Waals surface area contributed by atoms with Gasteiger partial charge in [0.15, 0.2) is 0 Å². The van der Waals surface area contributed by atoms with Crippen LogP contribution in [0.5, 0.6) is 0 Å². The second-order valence-corrected chi connectivity index (χ2v) is 4.34. The minimum absolute atomic E-state index is 0.262. The molecule has 3 aromatic heterocycles. The Balaban J connectivity index is 1.62.